The molecule has 0 saturated carbocycles. The summed E-state index contributed by atoms with van der Waals surface area (Å²) in [6, 6.07) is 6.45. The minimum Gasteiger partial charge on any atom is -0.444 e. The van der Waals surface area contributed by atoms with Gasteiger partial charge in [0.1, 0.15) is 5.76 Å². The molecule has 0 fully saturated rings. The SMILES string of the molecule is CN=C(NCc1nc(C)c(C)o1)NCc1ccc(C)cc1C.I. The summed E-state index contributed by atoms with van der Waals surface area (Å²) in [5.74, 6) is 2.26. The average molecular weight is 428 g/mol. The van der Waals surface area contributed by atoms with E-state index in [9.17, 15) is 0 Å². The number of aryl methyl sites for hydroxylation is 4. The molecule has 0 spiro atoms. The maximum Gasteiger partial charge on any atom is 0.214 e. The molecule has 0 aliphatic heterocycles. The molecule has 0 atom stereocenters. The summed E-state index contributed by atoms with van der Waals surface area (Å²) in [6.07, 6.45) is 0. The highest BCUT2D eigenvalue weighted by Gasteiger charge is 2.06. The monoisotopic (exact) mass is 428 g/mol. The van der Waals surface area contributed by atoms with Crippen LogP contribution in [0.1, 0.15) is 34.0 Å². The van der Waals surface area contributed by atoms with E-state index in [4.69, 9.17) is 4.42 Å². The fourth-order valence-corrected chi connectivity index (χ4v) is 2.22. The molecule has 0 aliphatic carbocycles. The van der Waals surface area contributed by atoms with E-state index >= 15 is 0 Å². The van der Waals surface area contributed by atoms with Crippen LogP contribution in [-0.2, 0) is 13.1 Å². The van der Waals surface area contributed by atoms with E-state index in [1.54, 1.807) is 7.05 Å². The summed E-state index contributed by atoms with van der Waals surface area (Å²) in [5, 5.41) is 6.52. The van der Waals surface area contributed by atoms with Crippen LogP contribution in [-0.4, -0.2) is 18.0 Å². The summed E-state index contributed by atoms with van der Waals surface area (Å²) in [7, 11) is 1.75. The highest BCUT2D eigenvalue weighted by atomic mass is 127. The van der Waals surface area contributed by atoms with E-state index in [0.29, 0.717) is 12.4 Å². The second kappa shape index (κ2) is 8.90. The van der Waals surface area contributed by atoms with Gasteiger partial charge >= 0.3 is 0 Å². The minimum absolute atomic E-state index is 0. The Kier molecular flexibility index (Phi) is 7.54. The average Bonchev–Trinajstić information content (AvgIpc) is 2.79. The maximum absolute atomic E-state index is 5.55. The number of hydrogen-bond acceptors (Lipinski definition) is 3. The molecule has 0 saturated heterocycles. The first-order valence-electron chi connectivity index (χ1n) is 7.43. The molecule has 0 amide bonds. The normalized spacial score (nSPS) is 11.1. The predicted molar refractivity (Wildman–Crippen MR) is 104 cm³/mol. The van der Waals surface area contributed by atoms with Crippen LogP contribution in [0.4, 0.5) is 0 Å². The van der Waals surface area contributed by atoms with Gasteiger partial charge in [-0.2, -0.15) is 0 Å². The topological polar surface area (TPSA) is 62.5 Å². The first-order valence-corrected chi connectivity index (χ1v) is 7.43. The van der Waals surface area contributed by atoms with Crippen LogP contribution in [0.2, 0.25) is 0 Å². The van der Waals surface area contributed by atoms with Crippen LogP contribution in [0.5, 0.6) is 0 Å². The number of guanidine groups is 1. The highest BCUT2D eigenvalue weighted by molar-refractivity contribution is 14.0. The Hall–Kier alpha value is -1.57. The molecule has 2 aromatic rings. The molecular weight excluding hydrogens is 403 g/mol. The number of aliphatic imine (C=N–C) groups is 1. The Balaban J connectivity index is 0.00000264. The van der Waals surface area contributed by atoms with Crippen LogP contribution in [0, 0.1) is 27.7 Å². The number of aromatic nitrogens is 1. The highest BCUT2D eigenvalue weighted by Crippen LogP contribution is 2.10. The molecule has 23 heavy (non-hydrogen) atoms. The van der Waals surface area contributed by atoms with Gasteiger partial charge in [0.2, 0.25) is 5.89 Å². The number of nitrogens with one attached hydrogen (secondary N) is 2. The predicted octanol–water partition coefficient (Wildman–Crippen LogP) is 3.39. The van der Waals surface area contributed by atoms with Crippen molar-refractivity contribution in [1.82, 2.24) is 15.6 Å². The summed E-state index contributed by atoms with van der Waals surface area (Å²) in [6.45, 7) is 9.33. The third-order valence-electron chi connectivity index (χ3n) is 3.65. The molecule has 5 nitrogen and oxygen atoms in total. The third kappa shape index (κ3) is 5.53. The molecule has 0 aliphatic rings. The van der Waals surface area contributed by atoms with Crippen LogP contribution >= 0.6 is 24.0 Å². The quantitative estimate of drug-likeness (QED) is 0.445. The van der Waals surface area contributed by atoms with Crippen LogP contribution in [0.25, 0.3) is 0 Å². The molecule has 0 unspecified atom stereocenters. The second-order valence-electron chi connectivity index (χ2n) is 5.46. The molecule has 0 bridgehead atoms. The Bertz CT molecular complexity index is 660. The number of rotatable bonds is 4. The van der Waals surface area contributed by atoms with Gasteiger partial charge in [0.05, 0.1) is 12.2 Å². The molecule has 1 aromatic carbocycles. The van der Waals surface area contributed by atoms with Crippen molar-refractivity contribution in [2.24, 2.45) is 4.99 Å². The lowest BCUT2D eigenvalue weighted by atomic mass is 10.1. The van der Waals surface area contributed by atoms with Crippen molar-refractivity contribution < 1.29 is 4.42 Å². The van der Waals surface area contributed by atoms with Crippen LogP contribution in [0.15, 0.2) is 27.6 Å². The Morgan fingerprint density at radius 1 is 1.13 bits per heavy atom. The first kappa shape index (κ1) is 19.5. The zero-order chi connectivity index (χ0) is 16.1. The molecule has 1 aromatic heterocycles. The second-order valence-corrected chi connectivity index (χ2v) is 5.46. The molecule has 6 heteroatoms. The summed E-state index contributed by atoms with van der Waals surface area (Å²) in [5.41, 5.74) is 4.74. The van der Waals surface area contributed by atoms with Crippen LogP contribution in [0.3, 0.4) is 0 Å². The molecule has 2 N–H and O–H groups in total. The maximum atomic E-state index is 5.55. The number of oxazole rings is 1. The van der Waals surface area contributed by atoms with E-state index in [2.05, 4.69) is 52.7 Å². The van der Waals surface area contributed by atoms with Gasteiger partial charge in [-0.25, -0.2) is 4.98 Å². The van der Waals surface area contributed by atoms with Gasteiger partial charge in [0, 0.05) is 13.6 Å². The molecule has 2 rings (SSSR count). The van der Waals surface area contributed by atoms with Crippen molar-refractivity contribution in [3.8, 4) is 0 Å². The fourth-order valence-electron chi connectivity index (χ4n) is 2.22. The Morgan fingerprint density at radius 3 is 2.39 bits per heavy atom. The smallest absolute Gasteiger partial charge is 0.214 e. The van der Waals surface area contributed by atoms with Crippen LogP contribution < -0.4 is 10.6 Å². The summed E-state index contributed by atoms with van der Waals surface area (Å²) < 4.78 is 5.55. The Morgan fingerprint density at radius 2 is 1.83 bits per heavy atom. The molecule has 1 heterocycles. The molecule has 0 radical (unpaired) electrons. The van der Waals surface area contributed by atoms with Crippen molar-refractivity contribution >= 4 is 29.9 Å². The lowest BCUT2D eigenvalue weighted by Crippen LogP contribution is -2.36. The molecule has 126 valence electrons. The number of halogens is 1. The first-order chi connectivity index (χ1) is 10.5. The summed E-state index contributed by atoms with van der Waals surface area (Å²) >= 11 is 0. The van der Waals surface area contributed by atoms with Gasteiger partial charge in [0.15, 0.2) is 5.96 Å². The number of hydrogen-bond donors (Lipinski definition) is 2. The van der Waals surface area contributed by atoms with Crippen molar-refractivity contribution in [3.05, 3.63) is 52.2 Å². The fraction of sp³-hybridized carbons (Fsp3) is 0.412. The van der Waals surface area contributed by atoms with Crippen molar-refractivity contribution in [3.63, 3.8) is 0 Å². The van der Waals surface area contributed by atoms with Crippen molar-refractivity contribution in [2.45, 2.75) is 40.8 Å². The van der Waals surface area contributed by atoms with E-state index < -0.39 is 0 Å². The van der Waals surface area contributed by atoms with E-state index in [1.165, 1.54) is 16.7 Å². The lowest BCUT2D eigenvalue weighted by molar-refractivity contribution is 0.463. The number of nitrogens with zero attached hydrogens (tertiary/aromatic N) is 2. The molecular formula is C17H25IN4O. The van der Waals surface area contributed by atoms with Gasteiger partial charge in [0.25, 0.3) is 0 Å². The van der Waals surface area contributed by atoms with Gasteiger partial charge in [-0.1, -0.05) is 23.8 Å². The lowest BCUT2D eigenvalue weighted by Gasteiger charge is -2.12. The van der Waals surface area contributed by atoms with Gasteiger partial charge < -0.3 is 15.1 Å². The van der Waals surface area contributed by atoms with E-state index in [1.807, 2.05) is 13.8 Å². The minimum atomic E-state index is 0. The van der Waals surface area contributed by atoms with Gasteiger partial charge in [-0.05, 0) is 38.8 Å². The van der Waals surface area contributed by atoms with Crippen molar-refractivity contribution in [1.29, 1.82) is 0 Å². The van der Waals surface area contributed by atoms with E-state index in [-0.39, 0.29) is 24.0 Å². The Labute approximate surface area is 155 Å². The largest absolute Gasteiger partial charge is 0.444 e. The van der Waals surface area contributed by atoms with Crippen molar-refractivity contribution in [2.75, 3.05) is 7.05 Å². The third-order valence-corrected chi connectivity index (χ3v) is 3.65. The summed E-state index contributed by atoms with van der Waals surface area (Å²) in [4.78, 5) is 8.57. The number of benzene rings is 1. The van der Waals surface area contributed by atoms with Gasteiger partial charge in [-0.15, -0.1) is 24.0 Å². The standard InChI is InChI=1S/C17H24N4O.HI/c1-11-6-7-15(12(2)8-11)9-19-17(18-5)20-10-16-21-13(3)14(4)22-16;/h6-8H,9-10H2,1-5H3,(H2,18,19,20);1H. The van der Waals surface area contributed by atoms with Gasteiger partial charge in [-0.3, -0.25) is 4.99 Å². The zero-order valence-corrected chi connectivity index (χ0v) is 16.7. The van der Waals surface area contributed by atoms with E-state index in [0.717, 1.165) is 24.0 Å². The zero-order valence-electron chi connectivity index (χ0n) is 14.4.